The standard InChI is InChI=1S/C21H31N5OS/c1-21(2)15-25(14-13-24(21)3)12-10-22-20(27)26-11-6-8-17(26)19-23-16-7-4-5-9-18(16)28-19/h4-5,7,9,17H,6,8,10-15H2,1-3H3,(H,22,27). The Morgan fingerprint density at radius 1 is 1.29 bits per heavy atom. The van der Waals surface area contributed by atoms with E-state index in [4.69, 9.17) is 4.98 Å². The smallest absolute Gasteiger partial charge is 0.318 e. The maximum atomic E-state index is 12.8. The first-order valence-corrected chi connectivity index (χ1v) is 11.1. The van der Waals surface area contributed by atoms with Crippen molar-refractivity contribution < 1.29 is 4.79 Å². The van der Waals surface area contributed by atoms with Crippen LogP contribution in [0.5, 0.6) is 0 Å². The lowest BCUT2D eigenvalue weighted by Crippen LogP contribution is -2.58. The van der Waals surface area contributed by atoms with Gasteiger partial charge in [-0.1, -0.05) is 12.1 Å². The van der Waals surface area contributed by atoms with Crippen molar-refractivity contribution >= 4 is 27.6 Å². The molecule has 1 aromatic carbocycles. The first kappa shape index (κ1) is 19.6. The highest BCUT2D eigenvalue weighted by Crippen LogP contribution is 2.36. The Hall–Kier alpha value is -1.70. The Kier molecular flexibility index (Phi) is 5.58. The summed E-state index contributed by atoms with van der Waals surface area (Å²) in [4.78, 5) is 24.5. The molecule has 0 spiro atoms. The Morgan fingerprint density at radius 3 is 2.89 bits per heavy atom. The third-order valence-corrected chi connectivity index (χ3v) is 7.35. The van der Waals surface area contributed by atoms with Gasteiger partial charge in [0, 0.05) is 44.8 Å². The molecule has 0 saturated carbocycles. The van der Waals surface area contributed by atoms with Crippen molar-refractivity contribution in [2.45, 2.75) is 38.3 Å². The number of carbonyl (C=O) groups is 1. The average Bonchev–Trinajstić information content (AvgIpc) is 3.30. The Balaban J connectivity index is 1.33. The molecule has 0 bridgehead atoms. The van der Waals surface area contributed by atoms with E-state index in [9.17, 15) is 4.79 Å². The van der Waals surface area contributed by atoms with Crippen LogP contribution < -0.4 is 5.32 Å². The zero-order valence-corrected chi connectivity index (χ0v) is 18.0. The predicted molar refractivity (Wildman–Crippen MR) is 115 cm³/mol. The molecule has 1 atom stereocenters. The maximum Gasteiger partial charge on any atom is 0.318 e. The quantitative estimate of drug-likeness (QED) is 0.855. The zero-order chi connectivity index (χ0) is 19.7. The Labute approximate surface area is 171 Å². The second-order valence-corrected chi connectivity index (χ2v) is 9.68. The highest BCUT2D eigenvalue weighted by atomic mass is 32.1. The number of nitrogens with zero attached hydrogens (tertiary/aromatic N) is 4. The fraction of sp³-hybridized carbons (Fsp3) is 0.619. The molecular formula is C21H31N5OS. The van der Waals surface area contributed by atoms with Gasteiger partial charge in [-0.2, -0.15) is 0 Å². The number of para-hydroxylation sites is 1. The van der Waals surface area contributed by atoms with E-state index in [0.717, 1.165) is 56.1 Å². The van der Waals surface area contributed by atoms with Crippen LogP contribution in [-0.2, 0) is 0 Å². The summed E-state index contributed by atoms with van der Waals surface area (Å²) in [5, 5.41) is 4.22. The van der Waals surface area contributed by atoms with Gasteiger partial charge in [0.25, 0.3) is 0 Å². The number of hydrogen-bond donors (Lipinski definition) is 1. The first-order chi connectivity index (χ1) is 13.4. The molecule has 0 aliphatic carbocycles. The van der Waals surface area contributed by atoms with Crippen molar-refractivity contribution in [3.05, 3.63) is 29.3 Å². The molecule has 7 heteroatoms. The summed E-state index contributed by atoms with van der Waals surface area (Å²) >= 11 is 1.72. The van der Waals surface area contributed by atoms with Gasteiger partial charge in [0.15, 0.2) is 0 Å². The highest BCUT2D eigenvalue weighted by molar-refractivity contribution is 7.18. The predicted octanol–water partition coefficient (Wildman–Crippen LogP) is 3.17. The largest absolute Gasteiger partial charge is 0.337 e. The Morgan fingerprint density at radius 2 is 2.11 bits per heavy atom. The third kappa shape index (κ3) is 4.02. The monoisotopic (exact) mass is 401 g/mol. The van der Waals surface area contributed by atoms with Crippen molar-refractivity contribution in [2.75, 3.05) is 46.3 Å². The lowest BCUT2D eigenvalue weighted by atomic mass is 10.00. The first-order valence-electron chi connectivity index (χ1n) is 10.3. The molecule has 1 N–H and O–H groups in total. The molecule has 28 heavy (non-hydrogen) atoms. The van der Waals surface area contributed by atoms with Gasteiger partial charge in [0.2, 0.25) is 0 Å². The lowest BCUT2D eigenvalue weighted by molar-refractivity contribution is 0.0408. The number of carbonyl (C=O) groups excluding carboxylic acids is 1. The number of nitrogens with one attached hydrogen (secondary N) is 1. The molecule has 6 nitrogen and oxygen atoms in total. The van der Waals surface area contributed by atoms with Crippen LogP contribution in [-0.4, -0.2) is 77.6 Å². The summed E-state index contributed by atoms with van der Waals surface area (Å²) in [6.45, 7) is 10.2. The van der Waals surface area contributed by atoms with Gasteiger partial charge in [0.1, 0.15) is 5.01 Å². The molecule has 2 aromatic rings. The van der Waals surface area contributed by atoms with Crippen molar-refractivity contribution in [1.82, 2.24) is 25.0 Å². The molecule has 1 unspecified atom stereocenters. The number of likely N-dealkylation sites (N-methyl/N-ethyl adjacent to an activating group) is 1. The van der Waals surface area contributed by atoms with Crippen LogP contribution >= 0.6 is 11.3 Å². The molecule has 2 aliphatic heterocycles. The van der Waals surface area contributed by atoms with Crippen LogP contribution in [0.15, 0.2) is 24.3 Å². The van der Waals surface area contributed by atoms with E-state index in [-0.39, 0.29) is 17.6 Å². The van der Waals surface area contributed by atoms with E-state index in [0.29, 0.717) is 6.54 Å². The number of urea groups is 1. The van der Waals surface area contributed by atoms with Gasteiger partial charge in [-0.05, 0) is 45.9 Å². The molecule has 2 fully saturated rings. The minimum atomic E-state index is 0.0511. The highest BCUT2D eigenvalue weighted by Gasteiger charge is 2.33. The lowest BCUT2D eigenvalue weighted by Gasteiger charge is -2.45. The van der Waals surface area contributed by atoms with Crippen molar-refractivity contribution in [3.63, 3.8) is 0 Å². The number of hydrogen-bond acceptors (Lipinski definition) is 5. The van der Waals surface area contributed by atoms with Crippen molar-refractivity contribution in [1.29, 1.82) is 0 Å². The minimum Gasteiger partial charge on any atom is -0.337 e. The maximum absolute atomic E-state index is 12.8. The van der Waals surface area contributed by atoms with Gasteiger partial charge in [-0.25, -0.2) is 9.78 Å². The van der Waals surface area contributed by atoms with E-state index < -0.39 is 0 Å². The fourth-order valence-electron chi connectivity index (χ4n) is 4.25. The van der Waals surface area contributed by atoms with E-state index in [1.807, 2.05) is 23.1 Å². The fourth-order valence-corrected chi connectivity index (χ4v) is 5.37. The number of aromatic nitrogens is 1. The van der Waals surface area contributed by atoms with Crippen molar-refractivity contribution in [3.8, 4) is 0 Å². The molecule has 1 aromatic heterocycles. The van der Waals surface area contributed by atoms with Gasteiger partial charge in [0.05, 0.1) is 16.3 Å². The van der Waals surface area contributed by atoms with Crippen LogP contribution in [0.4, 0.5) is 4.79 Å². The zero-order valence-electron chi connectivity index (χ0n) is 17.1. The molecule has 2 amide bonds. The molecule has 4 rings (SSSR count). The molecule has 152 valence electrons. The normalized spacial score (nSPS) is 23.4. The SMILES string of the molecule is CN1CCN(CCNC(=O)N2CCCC2c2nc3ccccc3s2)CC1(C)C. The van der Waals surface area contributed by atoms with Crippen LogP contribution in [0.3, 0.4) is 0 Å². The second kappa shape index (κ2) is 7.97. The third-order valence-electron chi connectivity index (χ3n) is 6.21. The topological polar surface area (TPSA) is 51.7 Å². The van der Waals surface area contributed by atoms with E-state index >= 15 is 0 Å². The van der Waals surface area contributed by atoms with Crippen LogP contribution in [0.1, 0.15) is 37.7 Å². The number of thiazole rings is 1. The van der Waals surface area contributed by atoms with Gasteiger partial charge >= 0.3 is 6.03 Å². The Bertz CT molecular complexity index is 802. The van der Waals surface area contributed by atoms with E-state index in [1.165, 1.54) is 4.70 Å². The summed E-state index contributed by atoms with van der Waals surface area (Å²) in [6, 6.07) is 8.38. The molecule has 0 radical (unpaired) electrons. The summed E-state index contributed by atoms with van der Waals surface area (Å²) < 4.78 is 1.20. The number of likely N-dealkylation sites (tertiary alicyclic amines) is 1. The minimum absolute atomic E-state index is 0.0511. The van der Waals surface area contributed by atoms with Crippen LogP contribution in [0.2, 0.25) is 0 Å². The molecule has 2 saturated heterocycles. The number of fused-ring (bicyclic) bond motifs is 1. The van der Waals surface area contributed by atoms with Gasteiger partial charge in [-0.15, -0.1) is 11.3 Å². The average molecular weight is 402 g/mol. The summed E-state index contributed by atoms with van der Waals surface area (Å²) in [7, 11) is 2.19. The number of rotatable bonds is 4. The van der Waals surface area contributed by atoms with E-state index in [2.05, 4.69) is 42.1 Å². The molecule has 3 heterocycles. The van der Waals surface area contributed by atoms with Crippen LogP contribution in [0.25, 0.3) is 10.2 Å². The van der Waals surface area contributed by atoms with Crippen molar-refractivity contribution in [2.24, 2.45) is 0 Å². The van der Waals surface area contributed by atoms with Crippen LogP contribution in [0, 0.1) is 0 Å². The summed E-state index contributed by atoms with van der Waals surface area (Å²) in [5.41, 5.74) is 1.22. The number of benzene rings is 1. The van der Waals surface area contributed by atoms with E-state index in [1.54, 1.807) is 11.3 Å². The number of amides is 2. The summed E-state index contributed by atoms with van der Waals surface area (Å²) in [5.74, 6) is 0. The summed E-state index contributed by atoms with van der Waals surface area (Å²) in [6.07, 6.45) is 2.04. The van der Waals surface area contributed by atoms with Gasteiger partial charge < -0.3 is 10.2 Å². The molecular weight excluding hydrogens is 370 g/mol. The second-order valence-electron chi connectivity index (χ2n) is 8.61. The molecule has 2 aliphatic rings. The number of piperazine rings is 1. The van der Waals surface area contributed by atoms with Gasteiger partial charge in [-0.3, -0.25) is 9.80 Å².